The van der Waals surface area contributed by atoms with Crippen molar-refractivity contribution in [3.8, 4) is 0 Å². The van der Waals surface area contributed by atoms with E-state index in [2.05, 4.69) is 19.9 Å². The molecule has 0 unspecified atom stereocenters. The molecule has 0 radical (unpaired) electrons. The van der Waals surface area contributed by atoms with Gasteiger partial charge in [-0.25, -0.2) is 9.37 Å². The molecule has 1 aromatic carbocycles. The highest BCUT2D eigenvalue weighted by Gasteiger charge is 2.06. The second-order valence-electron chi connectivity index (χ2n) is 5.83. The van der Waals surface area contributed by atoms with Crippen molar-refractivity contribution in [2.75, 3.05) is 20.6 Å². The van der Waals surface area contributed by atoms with Gasteiger partial charge in [0.15, 0.2) is 5.96 Å². The summed E-state index contributed by atoms with van der Waals surface area (Å²) in [4.78, 5) is 10.5. The molecule has 0 aliphatic carbocycles. The van der Waals surface area contributed by atoms with E-state index in [1.807, 2.05) is 37.3 Å². The average molecular weight is 331 g/mol. The molecule has 0 saturated heterocycles. The molecule has 130 valence electrons. The van der Waals surface area contributed by atoms with E-state index in [4.69, 9.17) is 0 Å². The third-order valence-electron chi connectivity index (χ3n) is 3.91. The van der Waals surface area contributed by atoms with E-state index in [1.54, 1.807) is 19.2 Å². The molecule has 0 amide bonds. The van der Waals surface area contributed by atoms with Crippen molar-refractivity contribution in [1.29, 1.82) is 0 Å². The summed E-state index contributed by atoms with van der Waals surface area (Å²) in [7, 11) is 3.72. The highest BCUT2D eigenvalue weighted by atomic mass is 19.1. The van der Waals surface area contributed by atoms with Crippen molar-refractivity contribution in [1.82, 2.24) is 19.8 Å². The molecule has 1 N–H and O–H groups in total. The van der Waals surface area contributed by atoms with Gasteiger partial charge in [-0.3, -0.25) is 4.99 Å². The maximum absolute atomic E-state index is 13.3. The topological polar surface area (TPSA) is 45.5 Å². The molecule has 0 atom stereocenters. The molecule has 24 heavy (non-hydrogen) atoms. The largest absolute Gasteiger partial charge is 0.356 e. The van der Waals surface area contributed by atoms with E-state index in [9.17, 15) is 4.39 Å². The maximum Gasteiger partial charge on any atom is 0.193 e. The van der Waals surface area contributed by atoms with Crippen LogP contribution < -0.4 is 5.32 Å². The van der Waals surface area contributed by atoms with E-state index < -0.39 is 0 Å². The molecule has 2 aromatic rings. The highest BCUT2D eigenvalue weighted by Crippen LogP contribution is 2.06. The molecule has 0 aliphatic heterocycles. The van der Waals surface area contributed by atoms with Gasteiger partial charge < -0.3 is 14.8 Å². The zero-order chi connectivity index (χ0) is 17.4. The van der Waals surface area contributed by atoms with Crippen LogP contribution in [0, 0.1) is 12.7 Å². The third-order valence-corrected chi connectivity index (χ3v) is 3.91. The lowest BCUT2D eigenvalue weighted by atomic mass is 10.2. The molecule has 0 fully saturated rings. The minimum Gasteiger partial charge on any atom is -0.356 e. The Morgan fingerprint density at radius 1 is 1.38 bits per heavy atom. The van der Waals surface area contributed by atoms with Gasteiger partial charge in [0.2, 0.25) is 0 Å². The summed E-state index contributed by atoms with van der Waals surface area (Å²) >= 11 is 0. The second kappa shape index (κ2) is 9.05. The van der Waals surface area contributed by atoms with Gasteiger partial charge in [0.25, 0.3) is 0 Å². The molecule has 6 heteroatoms. The van der Waals surface area contributed by atoms with Crippen molar-refractivity contribution in [3.63, 3.8) is 0 Å². The maximum atomic E-state index is 13.3. The van der Waals surface area contributed by atoms with Crippen LogP contribution in [-0.4, -0.2) is 41.1 Å². The number of guanidine groups is 1. The molecule has 1 aromatic heterocycles. The first-order chi connectivity index (χ1) is 11.6. The predicted molar refractivity (Wildman–Crippen MR) is 95.4 cm³/mol. The number of halogens is 1. The molecule has 5 nitrogen and oxygen atoms in total. The van der Waals surface area contributed by atoms with Crippen LogP contribution in [0.1, 0.15) is 24.2 Å². The van der Waals surface area contributed by atoms with Crippen molar-refractivity contribution < 1.29 is 4.39 Å². The number of unbranched alkanes of at least 4 members (excludes halogenated alkanes) is 1. The summed E-state index contributed by atoms with van der Waals surface area (Å²) in [6.07, 6.45) is 5.96. The highest BCUT2D eigenvalue weighted by molar-refractivity contribution is 5.79. The summed E-state index contributed by atoms with van der Waals surface area (Å²) in [5.74, 6) is 1.66. The van der Waals surface area contributed by atoms with Gasteiger partial charge in [0, 0.05) is 46.1 Å². The van der Waals surface area contributed by atoms with Gasteiger partial charge in [-0.05, 0) is 37.5 Å². The fraction of sp³-hybridized carbons (Fsp3) is 0.444. The summed E-state index contributed by atoms with van der Waals surface area (Å²) in [6.45, 7) is 4.46. The first kappa shape index (κ1) is 18.0. The zero-order valence-electron chi connectivity index (χ0n) is 14.7. The standard InChI is InChI=1S/C18H26FN5/c1-15-21-10-12-24(15)11-5-4-9-22-18(20-2)23(3)14-16-7-6-8-17(19)13-16/h6-8,10,12-13H,4-5,9,11,14H2,1-3H3,(H,20,22). The van der Waals surface area contributed by atoms with E-state index in [1.165, 1.54) is 6.07 Å². The van der Waals surface area contributed by atoms with E-state index in [-0.39, 0.29) is 5.82 Å². The summed E-state index contributed by atoms with van der Waals surface area (Å²) in [6, 6.07) is 6.66. The number of hydrogen-bond donors (Lipinski definition) is 1. The number of aryl methyl sites for hydroxylation is 2. The number of nitrogens with zero attached hydrogens (tertiary/aromatic N) is 4. The van der Waals surface area contributed by atoms with Crippen LogP contribution >= 0.6 is 0 Å². The van der Waals surface area contributed by atoms with E-state index >= 15 is 0 Å². The molecular formula is C18H26FN5. The van der Waals surface area contributed by atoms with Gasteiger partial charge in [-0.1, -0.05) is 12.1 Å². The first-order valence-corrected chi connectivity index (χ1v) is 8.24. The Kier molecular flexibility index (Phi) is 6.78. The van der Waals surface area contributed by atoms with Crippen LogP contribution in [-0.2, 0) is 13.1 Å². The Morgan fingerprint density at radius 3 is 2.88 bits per heavy atom. The van der Waals surface area contributed by atoms with Crippen LogP contribution in [0.4, 0.5) is 4.39 Å². The lowest BCUT2D eigenvalue weighted by molar-refractivity contribution is 0.471. The van der Waals surface area contributed by atoms with Crippen LogP contribution in [0.2, 0.25) is 0 Å². The molecule has 1 heterocycles. The Labute approximate surface area is 143 Å². The molecular weight excluding hydrogens is 305 g/mol. The number of imidazole rings is 1. The Morgan fingerprint density at radius 2 is 2.21 bits per heavy atom. The number of aliphatic imine (C=N–C) groups is 1. The number of benzene rings is 1. The van der Waals surface area contributed by atoms with Gasteiger partial charge in [0.1, 0.15) is 11.6 Å². The fourth-order valence-electron chi connectivity index (χ4n) is 2.62. The molecule has 2 rings (SSSR count). The molecule has 0 bridgehead atoms. The summed E-state index contributed by atoms with van der Waals surface area (Å²) in [5.41, 5.74) is 0.927. The third kappa shape index (κ3) is 5.37. The second-order valence-corrected chi connectivity index (χ2v) is 5.83. The predicted octanol–water partition coefficient (Wildman–Crippen LogP) is 2.82. The monoisotopic (exact) mass is 331 g/mol. The van der Waals surface area contributed by atoms with Gasteiger partial charge in [-0.2, -0.15) is 0 Å². The molecule has 0 spiro atoms. The Hall–Kier alpha value is -2.37. The number of nitrogens with one attached hydrogen (secondary N) is 1. The van der Waals surface area contributed by atoms with Gasteiger partial charge >= 0.3 is 0 Å². The minimum atomic E-state index is -0.210. The quantitative estimate of drug-likeness (QED) is 0.482. The van der Waals surface area contributed by atoms with Crippen LogP contribution in [0.5, 0.6) is 0 Å². The van der Waals surface area contributed by atoms with Crippen molar-refractivity contribution in [2.24, 2.45) is 4.99 Å². The van der Waals surface area contributed by atoms with Crippen LogP contribution in [0.15, 0.2) is 41.7 Å². The first-order valence-electron chi connectivity index (χ1n) is 8.24. The van der Waals surface area contributed by atoms with Crippen LogP contribution in [0.3, 0.4) is 0 Å². The van der Waals surface area contributed by atoms with E-state index in [0.29, 0.717) is 6.54 Å². The number of aromatic nitrogens is 2. The Bertz CT molecular complexity index is 665. The summed E-state index contributed by atoms with van der Waals surface area (Å²) in [5, 5.41) is 3.36. The zero-order valence-corrected chi connectivity index (χ0v) is 14.7. The van der Waals surface area contributed by atoms with Gasteiger partial charge in [0.05, 0.1) is 0 Å². The number of hydrogen-bond acceptors (Lipinski definition) is 2. The van der Waals surface area contributed by atoms with E-state index in [0.717, 1.165) is 43.3 Å². The van der Waals surface area contributed by atoms with Crippen molar-refractivity contribution in [2.45, 2.75) is 32.9 Å². The van der Waals surface area contributed by atoms with Crippen molar-refractivity contribution in [3.05, 3.63) is 53.9 Å². The normalized spacial score (nSPS) is 11.6. The van der Waals surface area contributed by atoms with Gasteiger partial charge in [-0.15, -0.1) is 0 Å². The molecule has 0 aliphatic rings. The van der Waals surface area contributed by atoms with Crippen LogP contribution in [0.25, 0.3) is 0 Å². The molecule has 0 saturated carbocycles. The smallest absolute Gasteiger partial charge is 0.193 e. The van der Waals surface area contributed by atoms with Crippen molar-refractivity contribution >= 4 is 5.96 Å². The number of rotatable bonds is 7. The fourth-order valence-corrected chi connectivity index (χ4v) is 2.62. The average Bonchev–Trinajstić information content (AvgIpc) is 2.96. The lowest BCUT2D eigenvalue weighted by Crippen LogP contribution is -2.38. The SMILES string of the molecule is CN=C(NCCCCn1ccnc1C)N(C)Cc1cccc(F)c1. The summed E-state index contributed by atoms with van der Waals surface area (Å²) < 4.78 is 15.4. The Balaban J connectivity index is 1.72. The minimum absolute atomic E-state index is 0.210. The lowest BCUT2D eigenvalue weighted by Gasteiger charge is -2.22.